The molecule has 1 heterocycles. The third kappa shape index (κ3) is 4.71. The van der Waals surface area contributed by atoms with Crippen LogP contribution in [-0.4, -0.2) is 21.1 Å². The minimum Gasteiger partial charge on any atom is -0.333 e. The van der Waals surface area contributed by atoms with Crippen LogP contribution in [0, 0.1) is 0 Å². The van der Waals surface area contributed by atoms with Crippen LogP contribution in [0.25, 0.3) is 11.3 Å². The number of rotatable bonds is 5. The van der Waals surface area contributed by atoms with Gasteiger partial charge < -0.3 is 10.3 Å². The van der Waals surface area contributed by atoms with Crippen LogP contribution in [0.3, 0.4) is 0 Å². The van der Waals surface area contributed by atoms with Crippen molar-refractivity contribution in [3.05, 3.63) is 66.4 Å². The number of aromatic amines is 1. The summed E-state index contributed by atoms with van der Waals surface area (Å²) in [4.78, 5) is 19.7. The maximum atomic E-state index is 13.0. The largest absolute Gasteiger partial charge is 0.418 e. The van der Waals surface area contributed by atoms with Gasteiger partial charge in [0.1, 0.15) is 0 Å². The number of nitrogens with one attached hydrogen (secondary N) is 2. The van der Waals surface area contributed by atoms with Crippen LogP contribution in [-0.2, 0) is 11.0 Å². The zero-order chi connectivity index (χ0) is 19.4. The Hall–Kier alpha value is -2.74. The Labute approximate surface area is 158 Å². The SMILES string of the molecule is CC(Sc1ncc(-c2ccccc2)[nH]1)C(=O)Nc1ccccc1C(F)(F)F. The third-order valence-electron chi connectivity index (χ3n) is 3.79. The van der Waals surface area contributed by atoms with Crippen LogP contribution in [0.15, 0.2) is 66.0 Å². The summed E-state index contributed by atoms with van der Waals surface area (Å²) in [6.07, 6.45) is -2.88. The highest BCUT2D eigenvalue weighted by Gasteiger charge is 2.34. The van der Waals surface area contributed by atoms with E-state index in [4.69, 9.17) is 0 Å². The Bertz CT molecular complexity index is 925. The molecule has 2 N–H and O–H groups in total. The van der Waals surface area contributed by atoms with Gasteiger partial charge in [-0.1, -0.05) is 54.2 Å². The normalized spacial score (nSPS) is 12.6. The molecule has 0 saturated heterocycles. The van der Waals surface area contributed by atoms with Gasteiger partial charge >= 0.3 is 6.18 Å². The number of anilines is 1. The topological polar surface area (TPSA) is 57.8 Å². The van der Waals surface area contributed by atoms with Gasteiger partial charge in [0.05, 0.1) is 28.4 Å². The predicted molar refractivity (Wildman–Crippen MR) is 99.4 cm³/mol. The first kappa shape index (κ1) is 19.0. The number of carbonyl (C=O) groups excluding carboxylic acids is 1. The number of benzene rings is 2. The number of imidazole rings is 1. The molecule has 140 valence electrons. The molecule has 1 aromatic heterocycles. The first-order chi connectivity index (χ1) is 12.8. The minimum absolute atomic E-state index is 0.258. The zero-order valence-electron chi connectivity index (χ0n) is 14.2. The minimum atomic E-state index is -4.54. The molecule has 0 spiro atoms. The summed E-state index contributed by atoms with van der Waals surface area (Å²) in [5, 5.41) is 2.23. The quantitative estimate of drug-likeness (QED) is 0.587. The van der Waals surface area contributed by atoms with E-state index in [9.17, 15) is 18.0 Å². The number of H-pyrrole nitrogens is 1. The third-order valence-corrected chi connectivity index (χ3v) is 4.78. The van der Waals surface area contributed by atoms with Crippen LogP contribution >= 0.6 is 11.8 Å². The Balaban J connectivity index is 1.68. The van der Waals surface area contributed by atoms with E-state index < -0.39 is 22.9 Å². The van der Waals surface area contributed by atoms with E-state index in [1.807, 2.05) is 30.3 Å². The van der Waals surface area contributed by atoms with E-state index in [0.717, 1.165) is 29.1 Å². The number of aromatic nitrogens is 2. The fraction of sp³-hybridized carbons (Fsp3) is 0.158. The van der Waals surface area contributed by atoms with Crippen molar-refractivity contribution in [2.24, 2.45) is 0 Å². The number of alkyl halides is 3. The van der Waals surface area contributed by atoms with E-state index in [2.05, 4.69) is 15.3 Å². The summed E-state index contributed by atoms with van der Waals surface area (Å²) < 4.78 is 39.1. The smallest absolute Gasteiger partial charge is 0.333 e. The second kappa shape index (κ2) is 7.87. The van der Waals surface area contributed by atoms with Crippen molar-refractivity contribution in [3.8, 4) is 11.3 Å². The van der Waals surface area contributed by atoms with Gasteiger partial charge in [0.25, 0.3) is 0 Å². The monoisotopic (exact) mass is 391 g/mol. The Morgan fingerprint density at radius 3 is 2.48 bits per heavy atom. The molecule has 27 heavy (non-hydrogen) atoms. The zero-order valence-corrected chi connectivity index (χ0v) is 15.1. The molecule has 0 aliphatic rings. The van der Waals surface area contributed by atoms with E-state index in [-0.39, 0.29) is 5.69 Å². The van der Waals surface area contributed by atoms with Crippen molar-refractivity contribution < 1.29 is 18.0 Å². The summed E-state index contributed by atoms with van der Waals surface area (Å²) in [7, 11) is 0. The molecular weight excluding hydrogens is 375 g/mol. The van der Waals surface area contributed by atoms with Crippen molar-refractivity contribution >= 4 is 23.4 Å². The Morgan fingerprint density at radius 1 is 1.11 bits per heavy atom. The lowest BCUT2D eigenvalue weighted by atomic mass is 10.1. The van der Waals surface area contributed by atoms with Gasteiger partial charge in [-0.05, 0) is 24.6 Å². The maximum absolute atomic E-state index is 13.0. The van der Waals surface area contributed by atoms with Crippen LogP contribution in [0.5, 0.6) is 0 Å². The highest BCUT2D eigenvalue weighted by molar-refractivity contribution is 8.00. The van der Waals surface area contributed by atoms with Crippen LogP contribution in [0.1, 0.15) is 12.5 Å². The van der Waals surface area contributed by atoms with Crippen molar-refractivity contribution in [2.75, 3.05) is 5.32 Å². The summed E-state index contributed by atoms with van der Waals surface area (Å²) in [5.74, 6) is -0.533. The molecule has 1 atom stereocenters. The number of thioether (sulfide) groups is 1. The summed E-state index contributed by atoms with van der Waals surface area (Å²) in [6, 6.07) is 14.4. The lowest BCUT2D eigenvalue weighted by Crippen LogP contribution is -2.24. The standard InChI is InChI=1S/C19H16F3N3OS/c1-12(17(26)24-15-10-6-5-9-14(15)19(20,21)22)27-18-23-11-16(25-18)13-7-3-2-4-8-13/h2-12H,1H3,(H,23,25)(H,24,26). The summed E-state index contributed by atoms with van der Waals surface area (Å²) in [6.45, 7) is 1.61. The van der Waals surface area contributed by atoms with Gasteiger partial charge in [-0.15, -0.1) is 0 Å². The van der Waals surface area contributed by atoms with Gasteiger partial charge in [0.15, 0.2) is 5.16 Å². The van der Waals surface area contributed by atoms with Gasteiger partial charge in [0, 0.05) is 0 Å². The fourth-order valence-electron chi connectivity index (χ4n) is 2.42. The number of carbonyl (C=O) groups is 1. The highest BCUT2D eigenvalue weighted by Crippen LogP contribution is 2.35. The lowest BCUT2D eigenvalue weighted by Gasteiger charge is -2.15. The van der Waals surface area contributed by atoms with Gasteiger partial charge in [-0.2, -0.15) is 13.2 Å². The average Bonchev–Trinajstić information content (AvgIpc) is 3.10. The fourth-order valence-corrected chi connectivity index (χ4v) is 3.21. The number of hydrogen-bond acceptors (Lipinski definition) is 3. The molecule has 0 fully saturated rings. The van der Waals surface area contributed by atoms with E-state index >= 15 is 0 Å². The summed E-state index contributed by atoms with van der Waals surface area (Å²) in [5.41, 5.74) is 0.618. The molecule has 0 aliphatic carbocycles. The highest BCUT2D eigenvalue weighted by atomic mass is 32.2. The van der Waals surface area contributed by atoms with Gasteiger partial charge in [0.2, 0.25) is 5.91 Å². The molecular formula is C19H16F3N3OS. The number of hydrogen-bond donors (Lipinski definition) is 2. The van der Waals surface area contributed by atoms with Crippen LogP contribution < -0.4 is 5.32 Å². The van der Waals surface area contributed by atoms with Crippen LogP contribution in [0.4, 0.5) is 18.9 Å². The first-order valence-corrected chi connectivity index (χ1v) is 8.97. The predicted octanol–water partition coefficient (Wildman–Crippen LogP) is 5.21. The first-order valence-electron chi connectivity index (χ1n) is 8.09. The van der Waals surface area contributed by atoms with Crippen molar-refractivity contribution in [3.63, 3.8) is 0 Å². The molecule has 8 heteroatoms. The number of nitrogens with zero attached hydrogens (tertiary/aromatic N) is 1. The van der Waals surface area contributed by atoms with E-state index in [0.29, 0.717) is 5.16 Å². The number of para-hydroxylation sites is 1. The molecule has 1 amide bonds. The lowest BCUT2D eigenvalue weighted by molar-refractivity contribution is -0.137. The molecule has 0 bridgehead atoms. The molecule has 3 rings (SSSR count). The van der Waals surface area contributed by atoms with Crippen molar-refractivity contribution in [1.29, 1.82) is 0 Å². The molecule has 1 unspecified atom stereocenters. The second-order valence-electron chi connectivity index (χ2n) is 5.76. The molecule has 4 nitrogen and oxygen atoms in total. The molecule has 0 radical (unpaired) electrons. The Morgan fingerprint density at radius 2 is 1.78 bits per heavy atom. The van der Waals surface area contributed by atoms with E-state index in [1.165, 1.54) is 18.2 Å². The molecule has 3 aromatic rings. The average molecular weight is 391 g/mol. The van der Waals surface area contributed by atoms with Crippen molar-refractivity contribution in [2.45, 2.75) is 23.5 Å². The maximum Gasteiger partial charge on any atom is 0.418 e. The van der Waals surface area contributed by atoms with Gasteiger partial charge in [-0.25, -0.2) is 4.98 Å². The molecule has 0 saturated carbocycles. The van der Waals surface area contributed by atoms with Crippen molar-refractivity contribution in [1.82, 2.24) is 9.97 Å². The molecule has 2 aromatic carbocycles. The van der Waals surface area contributed by atoms with Gasteiger partial charge in [-0.3, -0.25) is 4.79 Å². The Kier molecular flexibility index (Phi) is 5.55. The van der Waals surface area contributed by atoms with Crippen LogP contribution in [0.2, 0.25) is 0 Å². The number of amides is 1. The molecule has 0 aliphatic heterocycles. The second-order valence-corrected chi connectivity index (χ2v) is 7.09. The number of halogens is 3. The summed E-state index contributed by atoms with van der Waals surface area (Å²) >= 11 is 1.14. The van der Waals surface area contributed by atoms with E-state index in [1.54, 1.807) is 13.1 Å².